The molecule has 4 heteroatoms. The maximum Gasteiger partial charge on any atom is 0.316 e. The Hall–Kier alpha value is -4.10. The molecule has 0 bridgehead atoms. The Morgan fingerprint density at radius 2 is 1.35 bits per heavy atom. The van der Waals surface area contributed by atoms with Crippen molar-refractivity contribution < 1.29 is 18.7 Å². The number of allylic oxidation sites excluding steroid dienone is 1. The molecule has 3 nitrogen and oxygen atoms in total. The number of hydrogen-bond donors (Lipinski definition) is 0. The summed E-state index contributed by atoms with van der Waals surface area (Å²) in [6.45, 7) is 14.8. The lowest BCUT2D eigenvalue weighted by Crippen LogP contribution is -2.25. The molecule has 172 valence electrons. The Morgan fingerprint density at radius 3 is 1.91 bits per heavy atom. The van der Waals surface area contributed by atoms with Crippen molar-refractivity contribution >= 4 is 5.97 Å². The van der Waals surface area contributed by atoms with Crippen LogP contribution in [0.3, 0.4) is 0 Å². The first kappa shape index (κ1) is 24.5. The first-order chi connectivity index (χ1) is 16.0. The summed E-state index contributed by atoms with van der Waals surface area (Å²) in [5, 5.41) is 0. The van der Waals surface area contributed by atoms with E-state index in [9.17, 15) is 9.18 Å². The van der Waals surface area contributed by atoms with Crippen molar-refractivity contribution in [2.75, 3.05) is 0 Å². The quantitative estimate of drug-likeness (QED) is 0.133. The van der Waals surface area contributed by atoms with Gasteiger partial charge in [0.1, 0.15) is 23.1 Å². The van der Waals surface area contributed by atoms with E-state index in [1.807, 2.05) is 6.92 Å². The lowest BCUT2D eigenvalue weighted by molar-refractivity contribution is -0.142. The largest absolute Gasteiger partial charge is 0.458 e. The Bertz CT molecular complexity index is 1280. The minimum absolute atomic E-state index is 0.304. The fourth-order valence-corrected chi connectivity index (χ4v) is 2.77. The van der Waals surface area contributed by atoms with Crippen LogP contribution >= 0.6 is 0 Å². The van der Waals surface area contributed by atoms with E-state index in [0.29, 0.717) is 28.4 Å². The number of carbonyl (C=O) groups is 1. The van der Waals surface area contributed by atoms with Gasteiger partial charge < -0.3 is 9.47 Å². The third kappa shape index (κ3) is 6.46. The van der Waals surface area contributed by atoms with Crippen LogP contribution in [0.5, 0.6) is 11.5 Å². The molecule has 0 atom stereocenters. The van der Waals surface area contributed by atoms with E-state index in [1.54, 1.807) is 81.4 Å². The van der Waals surface area contributed by atoms with Gasteiger partial charge in [-0.1, -0.05) is 43.2 Å². The number of hydrogen-bond acceptors (Lipinski definition) is 3. The summed E-state index contributed by atoms with van der Waals surface area (Å²) in [5.74, 6) is 6.86. The van der Waals surface area contributed by atoms with Gasteiger partial charge in [0.15, 0.2) is 0 Å². The lowest BCUT2D eigenvalue weighted by atomic mass is 9.97. The van der Waals surface area contributed by atoms with Crippen LogP contribution < -0.4 is 9.47 Å². The van der Waals surface area contributed by atoms with Crippen molar-refractivity contribution in [3.8, 4) is 34.5 Å². The Morgan fingerprint density at radius 1 is 0.824 bits per heavy atom. The number of esters is 1. The van der Waals surface area contributed by atoms with Gasteiger partial charge in [0.25, 0.3) is 0 Å². The van der Waals surface area contributed by atoms with Gasteiger partial charge in [0, 0.05) is 16.7 Å². The topological polar surface area (TPSA) is 35.5 Å². The van der Waals surface area contributed by atoms with E-state index < -0.39 is 5.41 Å². The fourth-order valence-electron chi connectivity index (χ4n) is 2.77. The highest BCUT2D eigenvalue weighted by Gasteiger charge is 2.23. The summed E-state index contributed by atoms with van der Waals surface area (Å²) in [4.78, 5) is 12.0. The molecular formula is C30H27FO3. The Balaban J connectivity index is 1.70. The predicted octanol–water partition coefficient (Wildman–Crippen LogP) is 7.31. The molecule has 0 saturated heterocycles. The van der Waals surface area contributed by atoms with Gasteiger partial charge in [0.05, 0.1) is 5.41 Å². The lowest BCUT2D eigenvalue weighted by Gasteiger charge is -2.16. The molecule has 0 amide bonds. The first-order valence-electron chi connectivity index (χ1n) is 10.8. The number of rotatable bonds is 5. The van der Waals surface area contributed by atoms with Gasteiger partial charge in [0.2, 0.25) is 0 Å². The molecule has 0 radical (unpaired) electrons. The van der Waals surface area contributed by atoms with Gasteiger partial charge in [-0.15, -0.1) is 0 Å². The average Bonchev–Trinajstić information content (AvgIpc) is 2.78. The second-order valence-electron chi connectivity index (χ2n) is 8.94. The van der Waals surface area contributed by atoms with Crippen LogP contribution in [0.4, 0.5) is 4.39 Å². The number of ether oxygens (including phenoxy) is 2. The summed E-state index contributed by atoms with van der Waals surface area (Å²) in [6, 6.07) is 18.9. The third-order valence-electron chi connectivity index (χ3n) is 4.88. The molecule has 0 aliphatic rings. The van der Waals surface area contributed by atoms with Gasteiger partial charge in [-0.2, -0.15) is 0 Å². The maximum absolute atomic E-state index is 14.8. The van der Waals surface area contributed by atoms with Crippen molar-refractivity contribution in [1.29, 1.82) is 0 Å². The molecule has 0 unspecified atom stereocenters. The van der Waals surface area contributed by atoms with Crippen molar-refractivity contribution in [1.82, 2.24) is 0 Å². The zero-order valence-electron chi connectivity index (χ0n) is 19.9. The summed E-state index contributed by atoms with van der Waals surface area (Å²) >= 11 is 0. The maximum atomic E-state index is 14.8. The minimum atomic E-state index is -0.579. The van der Waals surface area contributed by atoms with E-state index >= 15 is 0 Å². The molecule has 3 rings (SSSR count). The van der Waals surface area contributed by atoms with Gasteiger partial charge in [-0.25, -0.2) is 4.39 Å². The molecule has 0 heterocycles. The van der Waals surface area contributed by atoms with Crippen molar-refractivity contribution in [3.05, 3.63) is 108 Å². The van der Waals surface area contributed by atoms with Crippen molar-refractivity contribution in [2.24, 2.45) is 5.41 Å². The molecule has 0 aliphatic carbocycles. The second-order valence-corrected chi connectivity index (χ2v) is 8.94. The SMILES string of the molecule is C=C(C)C(=C)Oc1ccc(-c2ccc(C#Cc3ccc(OC(=O)C(C)(C)C)cc3)cc2F)cc1. The van der Waals surface area contributed by atoms with Crippen LogP contribution in [0.25, 0.3) is 11.1 Å². The summed E-state index contributed by atoms with van der Waals surface area (Å²) in [6.07, 6.45) is 0. The van der Waals surface area contributed by atoms with Crippen LogP contribution in [0.15, 0.2) is 91.2 Å². The molecule has 3 aromatic rings. The van der Waals surface area contributed by atoms with Crippen LogP contribution in [-0.2, 0) is 4.79 Å². The van der Waals surface area contributed by atoms with Gasteiger partial charge >= 0.3 is 5.97 Å². The molecule has 0 aromatic heterocycles. The van der Waals surface area contributed by atoms with Crippen molar-refractivity contribution in [3.63, 3.8) is 0 Å². The summed E-state index contributed by atoms with van der Waals surface area (Å²) in [5.41, 5.74) is 2.65. The second kappa shape index (κ2) is 10.2. The molecule has 34 heavy (non-hydrogen) atoms. The first-order valence-corrected chi connectivity index (χ1v) is 10.8. The number of benzene rings is 3. The molecule has 3 aromatic carbocycles. The third-order valence-corrected chi connectivity index (χ3v) is 4.88. The number of halogens is 1. The molecule has 0 N–H and O–H groups in total. The molecule has 0 aliphatic heterocycles. The summed E-state index contributed by atoms with van der Waals surface area (Å²) < 4.78 is 25.7. The predicted molar refractivity (Wildman–Crippen MR) is 134 cm³/mol. The molecule has 0 spiro atoms. The monoisotopic (exact) mass is 454 g/mol. The summed E-state index contributed by atoms with van der Waals surface area (Å²) in [7, 11) is 0. The smallest absolute Gasteiger partial charge is 0.316 e. The molecule has 0 saturated carbocycles. The van der Waals surface area contributed by atoms with Crippen LogP contribution in [0, 0.1) is 23.1 Å². The van der Waals surface area contributed by atoms with Crippen LogP contribution in [-0.4, -0.2) is 5.97 Å². The van der Waals surface area contributed by atoms with Crippen LogP contribution in [0.2, 0.25) is 0 Å². The van der Waals surface area contributed by atoms with E-state index in [1.165, 1.54) is 6.07 Å². The van der Waals surface area contributed by atoms with E-state index in [0.717, 1.165) is 16.7 Å². The average molecular weight is 455 g/mol. The van der Waals surface area contributed by atoms with Crippen LogP contribution in [0.1, 0.15) is 38.8 Å². The van der Waals surface area contributed by atoms with Gasteiger partial charge in [-0.05, 0) is 87.4 Å². The Labute approximate surface area is 200 Å². The van der Waals surface area contributed by atoms with Crippen molar-refractivity contribution in [2.45, 2.75) is 27.7 Å². The molecule has 0 fully saturated rings. The van der Waals surface area contributed by atoms with E-state index in [2.05, 4.69) is 25.0 Å². The van der Waals surface area contributed by atoms with Gasteiger partial charge in [-0.3, -0.25) is 4.79 Å². The normalized spacial score (nSPS) is 10.6. The standard InChI is InChI=1S/C30H27FO3/c1-20(2)21(3)33-25-16-12-24(13-17-25)27-18-11-23(19-28(27)31)8-7-22-9-14-26(15-10-22)34-29(32)30(4,5)6/h9-19H,1,3H2,2,4-6H3. The zero-order valence-corrected chi connectivity index (χ0v) is 19.9. The van der Waals surface area contributed by atoms with E-state index in [-0.39, 0.29) is 11.8 Å². The minimum Gasteiger partial charge on any atom is -0.458 e. The number of carbonyl (C=O) groups excluding carboxylic acids is 1. The highest BCUT2D eigenvalue weighted by Crippen LogP contribution is 2.27. The molecular weight excluding hydrogens is 427 g/mol. The Kier molecular flexibility index (Phi) is 7.38. The highest BCUT2D eigenvalue weighted by molar-refractivity contribution is 5.77. The van der Waals surface area contributed by atoms with E-state index in [4.69, 9.17) is 9.47 Å². The zero-order chi connectivity index (χ0) is 24.9. The fraction of sp³-hybridized carbons (Fsp3) is 0.167. The highest BCUT2D eigenvalue weighted by atomic mass is 19.1.